The normalized spacial score (nSPS) is 24.8. The molecule has 4 atom stereocenters. The van der Waals surface area contributed by atoms with Crippen molar-refractivity contribution in [3.63, 3.8) is 0 Å². The van der Waals surface area contributed by atoms with E-state index in [0.29, 0.717) is 13.0 Å². The van der Waals surface area contributed by atoms with Crippen molar-refractivity contribution in [2.24, 2.45) is 0 Å². The van der Waals surface area contributed by atoms with E-state index in [1.165, 1.54) is 23.8 Å². The standard InChI is InChI=1S/C26H31N3O4/c1-32-18-7-5-6-16(12-18)22-13-17(27-10-11-30)14-23-25-20(15-24(29(22)23)26(31)33-2)19-8-3-4-9-21(19)28-25/h3-9,12,17,22-24,27-28,30H,10-11,13-15H2,1-2H3/t17-,22+,23-,24+/m1/s1. The molecule has 33 heavy (non-hydrogen) atoms. The number of nitrogens with one attached hydrogen (secondary N) is 2. The van der Waals surface area contributed by atoms with Crippen molar-refractivity contribution < 1.29 is 19.4 Å². The molecule has 2 aliphatic rings. The molecule has 1 saturated heterocycles. The molecule has 5 rings (SSSR count). The van der Waals surface area contributed by atoms with Gasteiger partial charge < -0.3 is 24.9 Å². The summed E-state index contributed by atoms with van der Waals surface area (Å²) in [6.07, 6.45) is 2.28. The maximum atomic E-state index is 13.1. The highest BCUT2D eigenvalue weighted by molar-refractivity contribution is 5.87. The summed E-state index contributed by atoms with van der Waals surface area (Å²) >= 11 is 0. The van der Waals surface area contributed by atoms with Crippen LogP contribution in [-0.2, 0) is 16.0 Å². The third kappa shape index (κ3) is 3.90. The maximum Gasteiger partial charge on any atom is 0.323 e. The second-order valence-corrected chi connectivity index (χ2v) is 8.91. The minimum atomic E-state index is -0.373. The van der Waals surface area contributed by atoms with Gasteiger partial charge in [0.1, 0.15) is 11.8 Å². The van der Waals surface area contributed by atoms with Gasteiger partial charge in [0.05, 0.1) is 26.9 Å². The van der Waals surface area contributed by atoms with E-state index in [2.05, 4.69) is 39.5 Å². The molecular formula is C26H31N3O4. The largest absolute Gasteiger partial charge is 0.497 e. The molecule has 0 spiro atoms. The highest BCUT2D eigenvalue weighted by Gasteiger charge is 2.48. The minimum absolute atomic E-state index is 0.00120. The number of methoxy groups -OCH3 is 2. The average Bonchev–Trinajstić information content (AvgIpc) is 3.25. The number of aromatic nitrogens is 1. The number of H-pyrrole nitrogens is 1. The van der Waals surface area contributed by atoms with Crippen molar-refractivity contribution >= 4 is 16.9 Å². The molecule has 7 nitrogen and oxygen atoms in total. The second kappa shape index (κ2) is 9.17. The average molecular weight is 450 g/mol. The topological polar surface area (TPSA) is 86.8 Å². The van der Waals surface area contributed by atoms with E-state index in [1.807, 2.05) is 24.3 Å². The van der Waals surface area contributed by atoms with Gasteiger partial charge in [0.2, 0.25) is 0 Å². The lowest BCUT2D eigenvalue weighted by atomic mass is 9.79. The number of aliphatic hydroxyl groups excluding tert-OH is 1. The fraction of sp³-hybridized carbons (Fsp3) is 0.423. The van der Waals surface area contributed by atoms with Crippen LogP contribution in [0.5, 0.6) is 5.75 Å². The lowest BCUT2D eigenvalue weighted by Gasteiger charge is -2.50. The molecular weight excluding hydrogens is 418 g/mol. The zero-order valence-corrected chi connectivity index (χ0v) is 19.1. The molecule has 3 heterocycles. The first-order valence-electron chi connectivity index (χ1n) is 11.6. The summed E-state index contributed by atoms with van der Waals surface area (Å²) < 4.78 is 10.8. The molecule has 3 aromatic rings. The Hall–Kier alpha value is -2.87. The molecule has 7 heteroatoms. The molecule has 1 aromatic heterocycles. The molecule has 1 fully saturated rings. The number of carbonyl (C=O) groups excluding carboxylic acids is 1. The first-order chi connectivity index (χ1) is 16.1. The van der Waals surface area contributed by atoms with Crippen LogP contribution in [0.15, 0.2) is 48.5 Å². The van der Waals surface area contributed by atoms with Gasteiger partial charge in [-0.15, -0.1) is 0 Å². The van der Waals surface area contributed by atoms with Crippen molar-refractivity contribution in [3.05, 3.63) is 65.4 Å². The Bertz CT molecular complexity index is 1140. The number of aromatic amines is 1. The molecule has 174 valence electrons. The third-order valence-electron chi connectivity index (χ3n) is 7.17. The van der Waals surface area contributed by atoms with E-state index in [1.54, 1.807) is 7.11 Å². The number of benzene rings is 2. The summed E-state index contributed by atoms with van der Waals surface area (Å²) in [4.78, 5) is 19.1. The fourth-order valence-electron chi connectivity index (χ4n) is 5.75. The lowest BCUT2D eigenvalue weighted by Crippen LogP contribution is -2.55. The van der Waals surface area contributed by atoms with Crippen LogP contribution in [0, 0.1) is 0 Å². The minimum Gasteiger partial charge on any atom is -0.497 e. The Morgan fingerprint density at radius 3 is 2.76 bits per heavy atom. The summed E-state index contributed by atoms with van der Waals surface area (Å²) in [5.74, 6) is 0.595. The summed E-state index contributed by atoms with van der Waals surface area (Å²) in [6.45, 7) is 0.638. The van der Waals surface area contributed by atoms with Crippen LogP contribution in [0.2, 0.25) is 0 Å². The van der Waals surface area contributed by atoms with Crippen molar-refractivity contribution in [3.8, 4) is 5.75 Å². The third-order valence-corrected chi connectivity index (χ3v) is 7.17. The smallest absolute Gasteiger partial charge is 0.323 e. The van der Waals surface area contributed by atoms with Crippen LogP contribution >= 0.6 is 0 Å². The number of aliphatic hydroxyl groups is 1. The van der Waals surface area contributed by atoms with Crippen LogP contribution in [0.1, 0.15) is 41.7 Å². The Kier molecular flexibility index (Phi) is 6.10. The Morgan fingerprint density at radius 1 is 1.15 bits per heavy atom. The molecule has 0 saturated carbocycles. The number of hydrogen-bond acceptors (Lipinski definition) is 6. The van der Waals surface area contributed by atoms with Gasteiger partial charge in [-0.3, -0.25) is 9.69 Å². The Morgan fingerprint density at radius 2 is 1.97 bits per heavy atom. The van der Waals surface area contributed by atoms with Crippen LogP contribution in [0.4, 0.5) is 0 Å². The van der Waals surface area contributed by atoms with Crippen molar-refractivity contribution in [1.29, 1.82) is 0 Å². The monoisotopic (exact) mass is 449 g/mol. The lowest BCUT2D eigenvalue weighted by molar-refractivity contribution is -0.152. The number of esters is 1. The number of rotatable bonds is 6. The van der Waals surface area contributed by atoms with Gasteiger partial charge in [0.25, 0.3) is 0 Å². The summed E-state index contributed by atoms with van der Waals surface area (Å²) in [7, 11) is 3.14. The highest BCUT2D eigenvalue weighted by atomic mass is 16.5. The zero-order valence-electron chi connectivity index (χ0n) is 19.1. The van der Waals surface area contributed by atoms with Gasteiger partial charge in [0.15, 0.2) is 0 Å². The molecule has 0 bridgehead atoms. The van der Waals surface area contributed by atoms with E-state index in [0.717, 1.165) is 29.7 Å². The van der Waals surface area contributed by atoms with E-state index in [9.17, 15) is 9.90 Å². The molecule has 0 aliphatic carbocycles. The van der Waals surface area contributed by atoms with Gasteiger partial charge in [-0.2, -0.15) is 0 Å². The van der Waals surface area contributed by atoms with Crippen LogP contribution < -0.4 is 10.1 Å². The fourth-order valence-corrected chi connectivity index (χ4v) is 5.75. The van der Waals surface area contributed by atoms with Crippen molar-refractivity contribution in [2.45, 2.75) is 43.4 Å². The van der Waals surface area contributed by atoms with Gasteiger partial charge >= 0.3 is 5.97 Å². The molecule has 3 N–H and O–H groups in total. The Labute approximate surface area is 193 Å². The quantitative estimate of drug-likeness (QED) is 0.502. The van der Waals surface area contributed by atoms with Crippen LogP contribution in [0.3, 0.4) is 0 Å². The molecule has 0 amide bonds. The van der Waals surface area contributed by atoms with Gasteiger partial charge in [-0.1, -0.05) is 30.3 Å². The molecule has 0 radical (unpaired) electrons. The van der Waals surface area contributed by atoms with E-state index in [-0.39, 0.29) is 36.7 Å². The number of fused-ring (bicyclic) bond motifs is 5. The number of hydrogen-bond donors (Lipinski definition) is 3. The van der Waals surface area contributed by atoms with Crippen LogP contribution in [0.25, 0.3) is 10.9 Å². The zero-order chi connectivity index (χ0) is 22.9. The number of nitrogens with zero attached hydrogens (tertiary/aromatic N) is 1. The molecule has 2 aliphatic heterocycles. The second-order valence-electron chi connectivity index (χ2n) is 8.91. The predicted octanol–water partition coefficient (Wildman–Crippen LogP) is 3.10. The van der Waals surface area contributed by atoms with E-state index < -0.39 is 0 Å². The van der Waals surface area contributed by atoms with Crippen molar-refractivity contribution in [1.82, 2.24) is 15.2 Å². The summed E-state index contributed by atoms with van der Waals surface area (Å²) in [5.41, 5.74) is 4.59. The first-order valence-corrected chi connectivity index (χ1v) is 11.6. The van der Waals surface area contributed by atoms with Gasteiger partial charge in [0, 0.05) is 41.6 Å². The highest BCUT2D eigenvalue weighted by Crippen LogP contribution is 2.49. The molecule has 2 aromatic carbocycles. The molecule has 0 unspecified atom stereocenters. The summed E-state index contributed by atoms with van der Waals surface area (Å²) in [5, 5.41) is 14.1. The SMILES string of the molecule is COC(=O)[C@@H]1Cc2c([nH]c3ccccc23)[C@H]2C[C@H](NCCO)C[C@@H](c3cccc(OC)c3)N21. The maximum absolute atomic E-state index is 13.1. The number of ether oxygens (including phenoxy) is 2. The van der Waals surface area contributed by atoms with Gasteiger partial charge in [-0.25, -0.2) is 0 Å². The predicted molar refractivity (Wildman–Crippen MR) is 126 cm³/mol. The Balaban J connectivity index is 1.64. The van der Waals surface area contributed by atoms with E-state index in [4.69, 9.17) is 9.47 Å². The summed E-state index contributed by atoms with van der Waals surface area (Å²) in [6, 6.07) is 16.2. The first kappa shape index (κ1) is 21.9. The number of para-hydroxylation sites is 1. The van der Waals surface area contributed by atoms with E-state index >= 15 is 0 Å². The van der Waals surface area contributed by atoms with Gasteiger partial charge in [-0.05, 0) is 42.2 Å². The number of carbonyl (C=O) groups is 1. The van der Waals surface area contributed by atoms with Crippen LogP contribution in [-0.4, -0.2) is 60.4 Å². The van der Waals surface area contributed by atoms with Crippen molar-refractivity contribution in [2.75, 3.05) is 27.4 Å². The number of piperidine rings is 1.